The van der Waals surface area contributed by atoms with Crippen LogP contribution < -0.4 is 14.8 Å². The van der Waals surface area contributed by atoms with E-state index in [4.69, 9.17) is 9.47 Å². The molecule has 0 aliphatic heterocycles. The fraction of sp³-hybridized carbons (Fsp3) is 0.375. The lowest BCUT2D eigenvalue weighted by molar-refractivity contribution is 0.288. The van der Waals surface area contributed by atoms with Crippen molar-refractivity contribution in [2.45, 2.75) is 20.3 Å². The van der Waals surface area contributed by atoms with E-state index in [1.165, 1.54) is 5.56 Å². The Morgan fingerprint density at radius 2 is 1.85 bits per heavy atom. The van der Waals surface area contributed by atoms with E-state index >= 15 is 0 Å². The topological polar surface area (TPSA) is 30.5 Å². The zero-order valence-corrected chi connectivity index (χ0v) is 12.8. The quantitative estimate of drug-likeness (QED) is 0.790. The lowest BCUT2D eigenvalue weighted by Crippen LogP contribution is -2.05. The van der Waals surface area contributed by atoms with E-state index < -0.39 is 0 Å². The highest BCUT2D eigenvalue weighted by molar-refractivity contribution is 7.07. The Hall–Kier alpha value is -1.68. The van der Waals surface area contributed by atoms with Gasteiger partial charge in [-0.05, 0) is 54.8 Å². The zero-order valence-electron chi connectivity index (χ0n) is 12.0. The molecule has 2 rings (SSSR count). The molecule has 0 radical (unpaired) electrons. The molecule has 0 atom stereocenters. The molecular weight excluding hydrogens is 270 g/mol. The van der Waals surface area contributed by atoms with E-state index in [0.29, 0.717) is 13.2 Å². The van der Waals surface area contributed by atoms with E-state index in [-0.39, 0.29) is 0 Å². The third-order valence-electron chi connectivity index (χ3n) is 2.87. The minimum atomic E-state index is 0.637. The van der Waals surface area contributed by atoms with E-state index in [1.807, 2.05) is 32.0 Å². The number of hydrogen-bond acceptors (Lipinski definition) is 4. The highest BCUT2D eigenvalue weighted by Crippen LogP contribution is 2.30. The molecule has 2 aromatic rings. The van der Waals surface area contributed by atoms with Crippen LogP contribution in [0.1, 0.15) is 19.4 Å². The number of hydrogen-bond donors (Lipinski definition) is 1. The van der Waals surface area contributed by atoms with E-state index in [2.05, 4.69) is 22.1 Å². The van der Waals surface area contributed by atoms with Gasteiger partial charge in [-0.3, -0.25) is 0 Å². The monoisotopic (exact) mass is 291 g/mol. The molecule has 20 heavy (non-hydrogen) atoms. The van der Waals surface area contributed by atoms with Crippen LogP contribution in [0.5, 0.6) is 11.5 Å². The molecule has 0 aliphatic carbocycles. The first-order valence-electron chi connectivity index (χ1n) is 6.98. The van der Waals surface area contributed by atoms with Crippen LogP contribution in [-0.4, -0.2) is 19.8 Å². The Bertz CT molecular complexity index is 511. The van der Waals surface area contributed by atoms with E-state index in [9.17, 15) is 0 Å². The zero-order chi connectivity index (χ0) is 14.2. The van der Waals surface area contributed by atoms with Crippen molar-refractivity contribution in [3.05, 3.63) is 40.6 Å². The van der Waals surface area contributed by atoms with Gasteiger partial charge in [0.2, 0.25) is 0 Å². The summed E-state index contributed by atoms with van der Waals surface area (Å²) in [5.41, 5.74) is 2.44. The summed E-state index contributed by atoms with van der Waals surface area (Å²) in [5.74, 6) is 1.60. The summed E-state index contributed by atoms with van der Waals surface area (Å²) in [6, 6.07) is 8.15. The van der Waals surface area contributed by atoms with Crippen molar-refractivity contribution in [1.29, 1.82) is 0 Å². The molecule has 0 bridgehead atoms. The maximum Gasteiger partial charge on any atom is 0.163 e. The number of benzene rings is 1. The van der Waals surface area contributed by atoms with Gasteiger partial charge in [-0.1, -0.05) is 0 Å². The average molecular weight is 291 g/mol. The second-order valence-electron chi connectivity index (χ2n) is 4.34. The van der Waals surface area contributed by atoms with Gasteiger partial charge in [0.1, 0.15) is 0 Å². The van der Waals surface area contributed by atoms with Gasteiger partial charge in [0.15, 0.2) is 11.5 Å². The molecule has 0 spiro atoms. The van der Waals surface area contributed by atoms with Crippen molar-refractivity contribution in [3.8, 4) is 11.5 Å². The second-order valence-corrected chi connectivity index (χ2v) is 5.12. The Kier molecular flexibility index (Phi) is 5.74. The largest absolute Gasteiger partial charge is 0.490 e. The van der Waals surface area contributed by atoms with Gasteiger partial charge >= 0.3 is 0 Å². The first-order chi connectivity index (χ1) is 9.83. The van der Waals surface area contributed by atoms with Crippen LogP contribution in [0, 0.1) is 0 Å². The lowest BCUT2D eigenvalue weighted by atomic mass is 10.2. The predicted octanol–water partition coefficient (Wildman–Crippen LogP) is 4.20. The van der Waals surface area contributed by atoms with Gasteiger partial charge in [0.25, 0.3) is 0 Å². The molecule has 1 N–H and O–H groups in total. The van der Waals surface area contributed by atoms with Crippen LogP contribution in [0.15, 0.2) is 35.0 Å². The van der Waals surface area contributed by atoms with Gasteiger partial charge in [-0.25, -0.2) is 0 Å². The molecule has 1 aromatic heterocycles. The molecule has 1 aromatic carbocycles. The predicted molar refractivity (Wildman–Crippen MR) is 85.3 cm³/mol. The Balaban J connectivity index is 1.95. The van der Waals surface area contributed by atoms with Crippen molar-refractivity contribution in [2.24, 2.45) is 0 Å². The number of nitrogens with one attached hydrogen (secondary N) is 1. The van der Waals surface area contributed by atoms with Gasteiger partial charge in [-0.2, -0.15) is 11.3 Å². The van der Waals surface area contributed by atoms with Crippen LogP contribution in [0.4, 0.5) is 5.69 Å². The molecular formula is C16H21NO2S. The second kappa shape index (κ2) is 7.80. The number of ether oxygens (including phenoxy) is 2. The number of thiophene rings is 1. The number of rotatable bonds is 8. The van der Waals surface area contributed by atoms with Crippen LogP contribution in [0.2, 0.25) is 0 Å². The van der Waals surface area contributed by atoms with Crippen molar-refractivity contribution in [1.82, 2.24) is 0 Å². The molecule has 3 nitrogen and oxygen atoms in total. The molecule has 0 aliphatic rings. The van der Waals surface area contributed by atoms with Gasteiger partial charge in [-0.15, -0.1) is 0 Å². The smallest absolute Gasteiger partial charge is 0.163 e. The van der Waals surface area contributed by atoms with E-state index in [1.54, 1.807) is 11.3 Å². The highest BCUT2D eigenvalue weighted by Gasteiger charge is 2.05. The Morgan fingerprint density at radius 1 is 1.05 bits per heavy atom. The van der Waals surface area contributed by atoms with Gasteiger partial charge in [0.05, 0.1) is 13.2 Å². The summed E-state index contributed by atoms with van der Waals surface area (Å²) in [6.45, 7) is 6.15. The van der Waals surface area contributed by atoms with Crippen LogP contribution in [0.25, 0.3) is 0 Å². The lowest BCUT2D eigenvalue weighted by Gasteiger charge is -2.13. The first-order valence-corrected chi connectivity index (χ1v) is 7.92. The van der Waals surface area contributed by atoms with Gasteiger partial charge in [0, 0.05) is 18.3 Å². The molecule has 4 heteroatoms. The summed E-state index contributed by atoms with van der Waals surface area (Å²) in [4.78, 5) is 0. The summed E-state index contributed by atoms with van der Waals surface area (Å²) in [7, 11) is 0. The van der Waals surface area contributed by atoms with E-state index in [0.717, 1.165) is 30.2 Å². The van der Waals surface area contributed by atoms with Crippen LogP contribution in [-0.2, 0) is 6.42 Å². The maximum atomic E-state index is 5.62. The Morgan fingerprint density at radius 3 is 2.55 bits per heavy atom. The first kappa shape index (κ1) is 14.7. The van der Waals surface area contributed by atoms with Crippen LogP contribution in [0.3, 0.4) is 0 Å². The third-order valence-corrected chi connectivity index (χ3v) is 3.60. The molecule has 108 valence electrons. The van der Waals surface area contributed by atoms with Crippen molar-refractivity contribution in [3.63, 3.8) is 0 Å². The fourth-order valence-corrected chi connectivity index (χ4v) is 2.65. The average Bonchev–Trinajstić information content (AvgIpc) is 2.95. The van der Waals surface area contributed by atoms with Crippen molar-refractivity contribution in [2.75, 3.05) is 25.1 Å². The van der Waals surface area contributed by atoms with Crippen molar-refractivity contribution < 1.29 is 9.47 Å². The SMILES string of the molecule is CCOc1ccc(NCCc2ccsc2)cc1OCC. The molecule has 0 saturated heterocycles. The molecule has 0 unspecified atom stereocenters. The molecule has 0 fully saturated rings. The van der Waals surface area contributed by atoms with Crippen molar-refractivity contribution >= 4 is 17.0 Å². The normalized spacial score (nSPS) is 10.3. The molecule has 0 amide bonds. The maximum absolute atomic E-state index is 5.62. The minimum Gasteiger partial charge on any atom is -0.490 e. The molecule has 0 saturated carbocycles. The highest BCUT2D eigenvalue weighted by atomic mass is 32.1. The summed E-state index contributed by atoms with van der Waals surface area (Å²) in [5, 5.41) is 7.72. The standard InChI is InChI=1S/C16H21NO2S/c1-3-18-15-6-5-14(11-16(15)19-4-2)17-9-7-13-8-10-20-12-13/h5-6,8,10-12,17H,3-4,7,9H2,1-2H3. The van der Waals surface area contributed by atoms with Gasteiger partial charge < -0.3 is 14.8 Å². The minimum absolute atomic E-state index is 0.637. The Labute approximate surface area is 124 Å². The van der Waals surface area contributed by atoms with Crippen LogP contribution >= 0.6 is 11.3 Å². The third kappa shape index (κ3) is 4.17. The number of anilines is 1. The summed E-state index contributed by atoms with van der Waals surface area (Å²) in [6.07, 6.45) is 1.03. The fourth-order valence-electron chi connectivity index (χ4n) is 1.95. The summed E-state index contributed by atoms with van der Waals surface area (Å²) < 4.78 is 11.2. The summed E-state index contributed by atoms with van der Waals surface area (Å²) >= 11 is 1.74. The molecule has 1 heterocycles.